The quantitative estimate of drug-likeness (QED) is 0.594. The van der Waals surface area contributed by atoms with E-state index in [9.17, 15) is 14.9 Å². The molecular formula is C19H22N2O5. The van der Waals surface area contributed by atoms with Crippen molar-refractivity contribution in [2.75, 3.05) is 19.0 Å². The molecule has 0 radical (unpaired) electrons. The molecule has 7 heteroatoms. The summed E-state index contributed by atoms with van der Waals surface area (Å²) in [6, 6.07) is 8.25. The molecule has 2 aromatic rings. The number of rotatable bonds is 7. The van der Waals surface area contributed by atoms with E-state index in [1.165, 1.54) is 19.2 Å². The number of ether oxygens (including phenoxy) is 2. The SMILES string of the molecule is CCOc1cc([N+](=O)[O-])c(C(=O)Nc2c(C)cccc2CC)cc1OC. The van der Waals surface area contributed by atoms with Gasteiger partial charge in [-0.2, -0.15) is 0 Å². The lowest BCUT2D eigenvalue weighted by atomic mass is 10.0. The Morgan fingerprint density at radius 3 is 2.54 bits per heavy atom. The minimum Gasteiger partial charge on any atom is -0.493 e. The topological polar surface area (TPSA) is 90.7 Å². The molecule has 1 amide bonds. The summed E-state index contributed by atoms with van der Waals surface area (Å²) in [5, 5.41) is 14.3. The van der Waals surface area contributed by atoms with Gasteiger partial charge in [-0.15, -0.1) is 0 Å². The number of hydrogen-bond acceptors (Lipinski definition) is 5. The maximum atomic E-state index is 12.8. The summed E-state index contributed by atoms with van der Waals surface area (Å²) in [6.07, 6.45) is 0.728. The van der Waals surface area contributed by atoms with Crippen LogP contribution in [0.1, 0.15) is 35.3 Å². The molecule has 0 aliphatic heterocycles. The zero-order valence-corrected chi connectivity index (χ0v) is 15.3. The van der Waals surface area contributed by atoms with Gasteiger partial charge >= 0.3 is 0 Å². The number of methoxy groups -OCH3 is 1. The Bertz CT molecular complexity index is 833. The van der Waals surface area contributed by atoms with Crippen molar-refractivity contribution in [1.82, 2.24) is 0 Å². The van der Waals surface area contributed by atoms with Crippen molar-refractivity contribution in [1.29, 1.82) is 0 Å². The van der Waals surface area contributed by atoms with Gasteiger partial charge in [-0.1, -0.05) is 25.1 Å². The number of carbonyl (C=O) groups excluding carboxylic acids is 1. The lowest BCUT2D eigenvalue weighted by Crippen LogP contribution is -2.16. The molecule has 0 aliphatic carbocycles. The van der Waals surface area contributed by atoms with E-state index in [0.29, 0.717) is 12.3 Å². The van der Waals surface area contributed by atoms with E-state index < -0.39 is 10.8 Å². The molecule has 0 atom stereocenters. The van der Waals surface area contributed by atoms with Crippen molar-refractivity contribution < 1.29 is 19.2 Å². The minimum atomic E-state index is -0.602. The van der Waals surface area contributed by atoms with Crippen LogP contribution in [0.4, 0.5) is 11.4 Å². The number of para-hydroxylation sites is 1. The standard InChI is InChI=1S/C19H22N2O5/c1-5-13-9-7-8-12(3)18(13)20-19(22)14-10-16(25-4)17(26-6-2)11-15(14)21(23)24/h7-11H,5-6H2,1-4H3,(H,20,22). The number of amides is 1. The van der Waals surface area contributed by atoms with Gasteiger partial charge < -0.3 is 14.8 Å². The first kappa shape index (κ1) is 19.2. The van der Waals surface area contributed by atoms with Crippen LogP contribution < -0.4 is 14.8 Å². The zero-order chi connectivity index (χ0) is 19.3. The molecule has 0 unspecified atom stereocenters. The summed E-state index contributed by atoms with van der Waals surface area (Å²) >= 11 is 0. The highest BCUT2D eigenvalue weighted by molar-refractivity contribution is 6.08. The molecule has 138 valence electrons. The molecule has 0 spiro atoms. The zero-order valence-electron chi connectivity index (χ0n) is 15.3. The summed E-state index contributed by atoms with van der Waals surface area (Å²) in [5.74, 6) is -0.0754. The number of nitro groups is 1. The molecular weight excluding hydrogens is 336 g/mol. The molecule has 26 heavy (non-hydrogen) atoms. The van der Waals surface area contributed by atoms with Crippen molar-refractivity contribution in [2.45, 2.75) is 27.2 Å². The van der Waals surface area contributed by atoms with Crippen LogP contribution in [0.25, 0.3) is 0 Å². The third-order valence-electron chi connectivity index (χ3n) is 4.00. The highest BCUT2D eigenvalue weighted by atomic mass is 16.6. The van der Waals surface area contributed by atoms with Crippen LogP contribution in [-0.2, 0) is 6.42 Å². The van der Waals surface area contributed by atoms with Gasteiger partial charge in [-0.05, 0) is 31.4 Å². The predicted octanol–water partition coefficient (Wildman–Crippen LogP) is 4.13. The highest BCUT2D eigenvalue weighted by Crippen LogP contribution is 2.35. The van der Waals surface area contributed by atoms with Crippen LogP contribution in [0.3, 0.4) is 0 Å². The first-order valence-electron chi connectivity index (χ1n) is 8.31. The van der Waals surface area contributed by atoms with E-state index >= 15 is 0 Å². The van der Waals surface area contributed by atoms with Crippen LogP contribution in [0, 0.1) is 17.0 Å². The summed E-state index contributed by atoms with van der Waals surface area (Å²) < 4.78 is 10.6. The molecule has 0 heterocycles. The summed E-state index contributed by atoms with van der Waals surface area (Å²) in [5.41, 5.74) is 2.10. The van der Waals surface area contributed by atoms with E-state index in [1.807, 2.05) is 32.0 Å². The first-order valence-corrected chi connectivity index (χ1v) is 8.31. The smallest absolute Gasteiger partial charge is 0.286 e. The number of carbonyl (C=O) groups is 1. The lowest BCUT2D eigenvalue weighted by Gasteiger charge is -2.15. The molecule has 2 aromatic carbocycles. The van der Waals surface area contributed by atoms with Crippen LogP contribution in [0.5, 0.6) is 11.5 Å². The lowest BCUT2D eigenvalue weighted by molar-refractivity contribution is -0.385. The van der Waals surface area contributed by atoms with Gasteiger partial charge in [-0.3, -0.25) is 14.9 Å². The molecule has 0 aromatic heterocycles. The van der Waals surface area contributed by atoms with Crippen LogP contribution in [-0.4, -0.2) is 24.5 Å². The molecule has 0 saturated carbocycles. The van der Waals surface area contributed by atoms with Crippen LogP contribution in [0.15, 0.2) is 30.3 Å². The van der Waals surface area contributed by atoms with Gasteiger partial charge in [0, 0.05) is 11.8 Å². The van der Waals surface area contributed by atoms with Gasteiger partial charge in [0.1, 0.15) is 5.56 Å². The largest absolute Gasteiger partial charge is 0.493 e. The molecule has 0 saturated heterocycles. The van der Waals surface area contributed by atoms with Gasteiger partial charge in [0.05, 0.1) is 24.7 Å². The molecule has 0 bridgehead atoms. The van der Waals surface area contributed by atoms with Gasteiger partial charge in [0.25, 0.3) is 11.6 Å². The van der Waals surface area contributed by atoms with Crippen molar-refractivity contribution in [3.05, 3.63) is 57.1 Å². The predicted molar refractivity (Wildman–Crippen MR) is 99.3 cm³/mol. The van der Waals surface area contributed by atoms with E-state index in [0.717, 1.165) is 17.5 Å². The number of aryl methyl sites for hydroxylation is 2. The first-order chi connectivity index (χ1) is 12.4. The monoisotopic (exact) mass is 358 g/mol. The Kier molecular flexibility index (Phi) is 6.16. The van der Waals surface area contributed by atoms with Crippen molar-refractivity contribution in [3.63, 3.8) is 0 Å². The summed E-state index contributed by atoms with van der Waals surface area (Å²) in [6.45, 7) is 5.94. The van der Waals surface area contributed by atoms with E-state index in [1.54, 1.807) is 6.92 Å². The Hall–Kier alpha value is -3.09. The third-order valence-corrected chi connectivity index (χ3v) is 4.00. The molecule has 0 aliphatic rings. The molecule has 1 N–H and O–H groups in total. The number of hydrogen-bond donors (Lipinski definition) is 1. The Morgan fingerprint density at radius 2 is 1.96 bits per heavy atom. The molecule has 7 nitrogen and oxygen atoms in total. The van der Waals surface area contributed by atoms with E-state index in [2.05, 4.69) is 5.32 Å². The summed E-state index contributed by atoms with van der Waals surface area (Å²) in [7, 11) is 1.42. The second-order valence-electron chi connectivity index (χ2n) is 5.63. The summed E-state index contributed by atoms with van der Waals surface area (Å²) in [4.78, 5) is 23.6. The van der Waals surface area contributed by atoms with Crippen LogP contribution in [0.2, 0.25) is 0 Å². The third kappa shape index (κ3) is 3.93. The normalized spacial score (nSPS) is 10.3. The second kappa shape index (κ2) is 8.33. The minimum absolute atomic E-state index is 0.0828. The van der Waals surface area contributed by atoms with Gasteiger partial charge in [0.15, 0.2) is 11.5 Å². The number of nitrogens with zero attached hydrogens (tertiary/aromatic N) is 1. The van der Waals surface area contributed by atoms with E-state index in [-0.39, 0.29) is 22.7 Å². The number of nitro benzene ring substituents is 1. The van der Waals surface area contributed by atoms with Crippen LogP contribution >= 0.6 is 0 Å². The number of nitrogens with one attached hydrogen (secondary N) is 1. The second-order valence-corrected chi connectivity index (χ2v) is 5.63. The Morgan fingerprint density at radius 1 is 1.23 bits per heavy atom. The molecule has 0 fully saturated rings. The Labute approximate surface area is 152 Å². The van der Waals surface area contributed by atoms with Crippen molar-refractivity contribution in [2.24, 2.45) is 0 Å². The fraction of sp³-hybridized carbons (Fsp3) is 0.316. The fourth-order valence-electron chi connectivity index (χ4n) is 2.69. The average Bonchev–Trinajstić information content (AvgIpc) is 2.63. The highest BCUT2D eigenvalue weighted by Gasteiger charge is 2.25. The van der Waals surface area contributed by atoms with E-state index in [4.69, 9.17) is 9.47 Å². The van der Waals surface area contributed by atoms with Gasteiger partial charge in [0.2, 0.25) is 0 Å². The fourth-order valence-corrected chi connectivity index (χ4v) is 2.69. The number of anilines is 1. The molecule has 2 rings (SSSR count). The number of benzene rings is 2. The Balaban J connectivity index is 2.50. The van der Waals surface area contributed by atoms with Crippen molar-refractivity contribution in [3.8, 4) is 11.5 Å². The van der Waals surface area contributed by atoms with Crippen molar-refractivity contribution >= 4 is 17.3 Å². The maximum Gasteiger partial charge on any atom is 0.286 e. The van der Waals surface area contributed by atoms with Gasteiger partial charge in [-0.25, -0.2) is 0 Å². The maximum absolute atomic E-state index is 12.8. The average molecular weight is 358 g/mol.